The Kier molecular flexibility index (Phi) is 7.94. The second-order valence-electron chi connectivity index (χ2n) is 10.3. The van der Waals surface area contributed by atoms with Crippen LogP contribution in [-0.4, -0.2) is 41.0 Å². The molecule has 33 heavy (non-hydrogen) atoms. The molecule has 0 heterocycles. The Morgan fingerprint density at radius 3 is 2.70 bits per heavy atom. The second kappa shape index (κ2) is 10.9. The number of unbranched alkanes of at least 4 members (excludes halogenated alkanes) is 2. The Morgan fingerprint density at radius 2 is 1.97 bits per heavy atom. The van der Waals surface area contributed by atoms with E-state index < -0.39 is 5.97 Å². The van der Waals surface area contributed by atoms with Crippen LogP contribution < -0.4 is 4.74 Å². The Labute approximate surface area is 196 Å². The summed E-state index contributed by atoms with van der Waals surface area (Å²) in [5, 5.41) is 19.5. The van der Waals surface area contributed by atoms with E-state index in [1.807, 2.05) is 12.1 Å². The fraction of sp³-hybridized carbons (Fsp3) is 0.704. The molecule has 1 aromatic carbocycles. The van der Waals surface area contributed by atoms with Gasteiger partial charge in [-0.1, -0.05) is 38.3 Å². The third-order valence-electron chi connectivity index (χ3n) is 7.82. The molecule has 2 N–H and O–H groups in total. The van der Waals surface area contributed by atoms with Gasteiger partial charge in [0, 0.05) is 0 Å². The maximum atomic E-state index is 12.5. The van der Waals surface area contributed by atoms with Crippen molar-refractivity contribution in [1.82, 2.24) is 0 Å². The molecule has 2 fully saturated rings. The highest BCUT2D eigenvalue weighted by atomic mass is 16.5. The van der Waals surface area contributed by atoms with Crippen molar-refractivity contribution >= 4 is 11.9 Å². The van der Waals surface area contributed by atoms with Gasteiger partial charge < -0.3 is 19.7 Å². The van der Waals surface area contributed by atoms with Gasteiger partial charge in [0.15, 0.2) is 6.61 Å². The summed E-state index contributed by atoms with van der Waals surface area (Å²) in [5.41, 5.74) is 2.31. The zero-order chi connectivity index (χ0) is 23.4. The smallest absolute Gasteiger partial charge is 0.341 e. The molecule has 0 aliphatic heterocycles. The highest BCUT2D eigenvalue weighted by Crippen LogP contribution is 2.50. The van der Waals surface area contributed by atoms with Crippen molar-refractivity contribution in [2.45, 2.75) is 89.8 Å². The first kappa shape index (κ1) is 24.1. The highest BCUT2D eigenvalue weighted by molar-refractivity contribution is 5.75. The van der Waals surface area contributed by atoms with Crippen LogP contribution in [0.2, 0.25) is 0 Å². The van der Waals surface area contributed by atoms with Crippen LogP contribution in [-0.2, 0) is 27.2 Å². The molecule has 0 aromatic heterocycles. The fourth-order valence-electron chi connectivity index (χ4n) is 5.91. The standard InChI is InChI=1S/C27H38O6/c1-2-3-4-7-20(28)11-12-21-22-13-18-6-5-8-24(32-16-26(29)30)23(18)14-19(22)15-25(21)33-27(31)17-9-10-17/h5-6,8,17,19-22,25,28H,2-4,7,9-16H2,1H3,(H,29,30)/t19-,20-,21+,22-,25+/m0/s1. The average Bonchev–Trinajstić information content (AvgIpc) is 3.59. The van der Waals surface area contributed by atoms with Crippen molar-refractivity contribution in [1.29, 1.82) is 0 Å². The second-order valence-corrected chi connectivity index (χ2v) is 10.3. The number of hydrogen-bond donors (Lipinski definition) is 2. The molecule has 0 bridgehead atoms. The predicted molar refractivity (Wildman–Crippen MR) is 124 cm³/mol. The largest absolute Gasteiger partial charge is 0.482 e. The van der Waals surface area contributed by atoms with E-state index in [0.29, 0.717) is 17.6 Å². The van der Waals surface area contributed by atoms with E-state index >= 15 is 0 Å². The summed E-state index contributed by atoms with van der Waals surface area (Å²) in [4.78, 5) is 23.5. The van der Waals surface area contributed by atoms with E-state index in [0.717, 1.165) is 76.2 Å². The first-order chi connectivity index (χ1) is 16.0. The number of aliphatic hydroxyl groups is 1. The maximum absolute atomic E-state index is 12.5. The van der Waals surface area contributed by atoms with E-state index in [-0.39, 0.29) is 36.6 Å². The SMILES string of the molecule is CCCCC[C@H](O)CC[C@@H]1[C@H]2Cc3cccc(OCC(=O)O)c3C[C@H]2C[C@H]1OC(=O)C1CC1. The van der Waals surface area contributed by atoms with Crippen molar-refractivity contribution in [3.63, 3.8) is 0 Å². The van der Waals surface area contributed by atoms with Gasteiger partial charge in [-0.15, -0.1) is 0 Å². The number of carboxylic acids is 1. The Bertz CT molecular complexity index is 832. The number of aliphatic hydroxyl groups excluding tert-OH is 1. The molecular weight excluding hydrogens is 420 g/mol. The minimum atomic E-state index is -0.980. The molecule has 0 amide bonds. The minimum absolute atomic E-state index is 0.0462. The van der Waals surface area contributed by atoms with Gasteiger partial charge in [-0.2, -0.15) is 0 Å². The van der Waals surface area contributed by atoms with E-state index in [1.54, 1.807) is 0 Å². The molecular formula is C27H38O6. The van der Waals surface area contributed by atoms with Crippen LogP contribution in [0.5, 0.6) is 5.75 Å². The summed E-state index contributed by atoms with van der Waals surface area (Å²) in [6.45, 7) is 1.83. The van der Waals surface area contributed by atoms with Crippen molar-refractivity contribution in [3.05, 3.63) is 29.3 Å². The molecule has 2 saturated carbocycles. The van der Waals surface area contributed by atoms with Gasteiger partial charge in [-0.25, -0.2) is 4.79 Å². The van der Waals surface area contributed by atoms with Crippen LogP contribution >= 0.6 is 0 Å². The number of carboxylic acid groups (broad SMARTS) is 1. The van der Waals surface area contributed by atoms with Gasteiger partial charge in [0.1, 0.15) is 11.9 Å². The van der Waals surface area contributed by atoms with Gasteiger partial charge in [0.05, 0.1) is 12.0 Å². The van der Waals surface area contributed by atoms with E-state index in [1.165, 1.54) is 5.56 Å². The van der Waals surface area contributed by atoms with Crippen LogP contribution in [0.3, 0.4) is 0 Å². The number of rotatable bonds is 12. The Morgan fingerprint density at radius 1 is 1.15 bits per heavy atom. The predicted octanol–water partition coefficient (Wildman–Crippen LogP) is 4.54. The summed E-state index contributed by atoms with van der Waals surface area (Å²) in [7, 11) is 0. The summed E-state index contributed by atoms with van der Waals surface area (Å²) in [5.74, 6) is 0.770. The molecule has 0 saturated heterocycles. The average molecular weight is 459 g/mol. The van der Waals surface area contributed by atoms with Crippen molar-refractivity contribution < 1.29 is 29.3 Å². The zero-order valence-electron chi connectivity index (χ0n) is 19.7. The number of carbonyl (C=O) groups excluding carboxylic acids is 1. The monoisotopic (exact) mass is 458 g/mol. The van der Waals surface area contributed by atoms with Crippen LogP contribution in [0.25, 0.3) is 0 Å². The van der Waals surface area contributed by atoms with Gasteiger partial charge in [-0.3, -0.25) is 4.79 Å². The molecule has 182 valence electrons. The molecule has 3 aliphatic rings. The maximum Gasteiger partial charge on any atom is 0.341 e. The molecule has 0 spiro atoms. The number of carbonyl (C=O) groups is 2. The third kappa shape index (κ3) is 6.08. The Hall–Kier alpha value is -2.08. The lowest BCUT2D eigenvalue weighted by molar-refractivity contribution is -0.153. The van der Waals surface area contributed by atoms with E-state index in [2.05, 4.69) is 13.0 Å². The lowest BCUT2D eigenvalue weighted by atomic mass is 9.73. The van der Waals surface area contributed by atoms with Crippen LogP contribution in [0.4, 0.5) is 0 Å². The molecule has 6 nitrogen and oxygen atoms in total. The number of ether oxygens (including phenoxy) is 2. The molecule has 0 unspecified atom stereocenters. The normalized spacial score (nSPS) is 26.8. The lowest BCUT2D eigenvalue weighted by Crippen LogP contribution is -2.30. The quantitative estimate of drug-likeness (QED) is 0.353. The number of esters is 1. The van der Waals surface area contributed by atoms with Gasteiger partial charge in [0.25, 0.3) is 0 Å². The van der Waals surface area contributed by atoms with Crippen LogP contribution in [0, 0.1) is 23.7 Å². The van der Waals surface area contributed by atoms with Gasteiger partial charge in [-0.05, 0) is 86.3 Å². The van der Waals surface area contributed by atoms with Crippen molar-refractivity contribution in [2.75, 3.05) is 6.61 Å². The van der Waals surface area contributed by atoms with Crippen molar-refractivity contribution in [3.8, 4) is 5.75 Å². The summed E-state index contributed by atoms with van der Waals surface area (Å²) < 4.78 is 11.6. The molecule has 3 aliphatic carbocycles. The third-order valence-corrected chi connectivity index (χ3v) is 7.82. The first-order valence-corrected chi connectivity index (χ1v) is 12.8. The zero-order valence-corrected chi connectivity index (χ0v) is 19.7. The summed E-state index contributed by atoms with van der Waals surface area (Å²) in [6.07, 6.45) is 9.87. The molecule has 6 heteroatoms. The summed E-state index contributed by atoms with van der Waals surface area (Å²) >= 11 is 0. The highest BCUT2D eigenvalue weighted by Gasteiger charge is 2.48. The van der Waals surface area contributed by atoms with Crippen LogP contribution in [0.1, 0.15) is 75.8 Å². The molecule has 0 radical (unpaired) electrons. The number of benzene rings is 1. The Balaban J connectivity index is 1.46. The van der Waals surface area contributed by atoms with Crippen molar-refractivity contribution in [2.24, 2.45) is 23.7 Å². The lowest BCUT2D eigenvalue weighted by Gasteiger charge is -2.32. The summed E-state index contributed by atoms with van der Waals surface area (Å²) in [6, 6.07) is 5.90. The number of fused-ring (bicyclic) bond motifs is 2. The minimum Gasteiger partial charge on any atom is -0.482 e. The molecule has 1 aromatic rings. The van der Waals surface area contributed by atoms with E-state index in [9.17, 15) is 14.7 Å². The topological polar surface area (TPSA) is 93.1 Å². The van der Waals surface area contributed by atoms with Crippen LogP contribution in [0.15, 0.2) is 18.2 Å². The molecule has 5 atom stereocenters. The first-order valence-electron chi connectivity index (χ1n) is 12.8. The fourth-order valence-corrected chi connectivity index (χ4v) is 5.91. The van der Waals surface area contributed by atoms with E-state index in [4.69, 9.17) is 14.6 Å². The number of aliphatic carboxylic acids is 1. The van der Waals surface area contributed by atoms with Gasteiger partial charge >= 0.3 is 11.9 Å². The number of hydrogen-bond acceptors (Lipinski definition) is 5. The molecule has 4 rings (SSSR count). The van der Waals surface area contributed by atoms with Gasteiger partial charge in [0.2, 0.25) is 0 Å².